The summed E-state index contributed by atoms with van der Waals surface area (Å²) in [6.45, 7) is 1.29. The molecule has 18 heavy (non-hydrogen) atoms. The zero-order valence-electron chi connectivity index (χ0n) is 9.65. The van der Waals surface area contributed by atoms with Crippen molar-refractivity contribution in [1.82, 2.24) is 10.2 Å². The van der Waals surface area contributed by atoms with Crippen molar-refractivity contribution in [2.24, 2.45) is 0 Å². The van der Waals surface area contributed by atoms with E-state index in [1.807, 2.05) is 0 Å². The van der Waals surface area contributed by atoms with Gasteiger partial charge in [-0.15, -0.1) is 12.6 Å². The lowest BCUT2D eigenvalue weighted by atomic mass is 10.2. The number of nitrogens with zero attached hydrogens (tertiary/aromatic N) is 1. The maximum atomic E-state index is 13.1. The molecule has 1 saturated heterocycles. The van der Waals surface area contributed by atoms with Crippen molar-refractivity contribution < 1.29 is 14.0 Å². The minimum atomic E-state index is -0.456. The summed E-state index contributed by atoms with van der Waals surface area (Å²) in [6, 6.07) is 4.05. The predicted molar refractivity (Wildman–Crippen MR) is 67.2 cm³/mol. The van der Waals surface area contributed by atoms with Gasteiger partial charge in [-0.3, -0.25) is 9.59 Å². The minimum Gasteiger partial charge on any atom is -0.354 e. The van der Waals surface area contributed by atoms with Crippen LogP contribution in [0.2, 0.25) is 0 Å². The molecule has 1 aromatic carbocycles. The van der Waals surface area contributed by atoms with Gasteiger partial charge in [0.05, 0.1) is 0 Å². The van der Waals surface area contributed by atoms with Gasteiger partial charge in [-0.2, -0.15) is 0 Å². The summed E-state index contributed by atoms with van der Waals surface area (Å²) in [7, 11) is 0. The Kier molecular flexibility index (Phi) is 3.86. The number of carbonyl (C=O) groups is 2. The first kappa shape index (κ1) is 12.9. The standard InChI is InChI=1S/C12H13FN2O2S/c13-9-2-1-8(7-10(9)18)12(17)15-5-3-11(16)14-4-6-15/h1-2,7,18H,3-6H2,(H,14,16). The summed E-state index contributed by atoms with van der Waals surface area (Å²) in [5.74, 6) is -0.719. The van der Waals surface area contributed by atoms with Crippen molar-refractivity contribution in [2.75, 3.05) is 19.6 Å². The van der Waals surface area contributed by atoms with Crippen molar-refractivity contribution in [1.29, 1.82) is 0 Å². The molecular formula is C12H13FN2O2S. The van der Waals surface area contributed by atoms with Crippen LogP contribution in [0, 0.1) is 5.82 Å². The number of hydrogen-bond donors (Lipinski definition) is 2. The number of hydrogen-bond acceptors (Lipinski definition) is 3. The van der Waals surface area contributed by atoms with Crippen molar-refractivity contribution >= 4 is 24.4 Å². The summed E-state index contributed by atoms with van der Waals surface area (Å²) in [6.07, 6.45) is 0.292. The van der Waals surface area contributed by atoms with E-state index in [0.29, 0.717) is 31.6 Å². The van der Waals surface area contributed by atoms with Crippen LogP contribution in [0.15, 0.2) is 23.1 Å². The van der Waals surface area contributed by atoms with E-state index < -0.39 is 5.82 Å². The van der Waals surface area contributed by atoms with E-state index in [1.165, 1.54) is 18.2 Å². The number of amides is 2. The molecule has 0 atom stereocenters. The number of benzene rings is 1. The van der Waals surface area contributed by atoms with Gasteiger partial charge in [0.2, 0.25) is 5.91 Å². The fraction of sp³-hybridized carbons (Fsp3) is 0.333. The van der Waals surface area contributed by atoms with Gasteiger partial charge >= 0.3 is 0 Å². The Balaban J connectivity index is 2.14. The lowest BCUT2D eigenvalue weighted by Gasteiger charge is -2.19. The van der Waals surface area contributed by atoms with Crippen LogP contribution in [0.3, 0.4) is 0 Å². The molecule has 4 nitrogen and oxygen atoms in total. The highest BCUT2D eigenvalue weighted by Gasteiger charge is 2.20. The first-order valence-corrected chi connectivity index (χ1v) is 6.07. The average molecular weight is 268 g/mol. The molecule has 0 aliphatic carbocycles. The van der Waals surface area contributed by atoms with E-state index in [2.05, 4.69) is 17.9 Å². The smallest absolute Gasteiger partial charge is 0.253 e. The highest BCUT2D eigenvalue weighted by Crippen LogP contribution is 2.16. The number of carbonyl (C=O) groups excluding carboxylic acids is 2. The summed E-state index contributed by atoms with van der Waals surface area (Å²) in [5.41, 5.74) is 0.385. The van der Waals surface area contributed by atoms with Crippen molar-refractivity contribution in [3.8, 4) is 0 Å². The Morgan fingerprint density at radius 3 is 2.89 bits per heavy atom. The Morgan fingerprint density at radius 1 is 1.39 bits per heavy atom. The second-order valence-corrected chi connectivity index (χ2v) is 4.54. The third-order valence-corrected chi connectivity index (χ3v) is 3.14. The topological polar surface area (TPSA) is 49.4 Å². The number of thiol groups is 1. The van der Waals surface area contributed by atoms with Gasteiger partial charge in [0, 0.05) is 36.5 Å². The highest BCUT2D eigenvalue weighted by molar-refractivity contribution is 7.80. The number of halogens is 1. The van der Waals surface area contributed by atoms with Crippen LogP contribution in [0.4, 0.5) is 4.39 Å². The average Bonchev–Trinajstić information content (AvgIpc) is 2.57. The van der Waals surface area contributed by atoms with Crippen LogP contribution in [-0.4, -0.2) is 36.3 Å². The van der Waals surface area contributed by atoms with E-state index >= 15 is 0 Å². The molecule has 96 valence electrons. The molecule has 1 fully saturated rings. The highest BCUT2D eigenvalue weighted by atomic mass is 32.1. The monoisotopic (exact) mass is 268 g/mol. The maximum absolute atomic E-state index is 13.1. The van der Waals surface area contributed by atoms with Crippen molar-refractivity contribution in [3.63, 3.8) is 0 Å². The van der Waals surface area contributed by atoms with E-state index in [1.54, 1.807) is 4.90 Å². The summed E-state index contributed by atoms with van der Waals surface area (Å²) in [4.78, 5) is 25.1. The molecule has 2 rings (SSSR count). The predicted octanol–water partition coefficient (Wildman–Crippen LogP) is 1.08. The number of rotatable bonds is 1. The Morgan fingerprint density at radius 2 is 2.17 bits per heavy atom. The quantitative estimate of drug-likeness (QED) is 0.749. The zero-order valence-corrected chi connectivity index (χ0v) is 10.5. The lowest BCUT2D eigenvalue weighted by Crippen LogP contribution is -2.34. The molecule has 2 amide bonds. The first-order chi connectivity index (χ1) is 8.58. The van der Waals surface area contributed by atoms with Crippen LogP contribution in [0.1, 0.15) is 16.8 Å². The molecule has 0 spiro atoms. The van der Waals surface area contributed by atoms with Crippen LogP contribution in [0.25, 0.3) is 0 Å². The van der Waals surface area contributed by atoms with Gasteiger partial charge in [-0.25, -0.2) is 4.39 Å². The summed E-state index contributed by atoms with van der Waals surface area (Å²) < 4.78 is 13.1. The molecule has 0 bridgehead atoms. The lowest BCUT2D eigenvalue weighted by molar-refractivity contribution is -0.120. The molecule has 1 N–H and O–H groups in total. The molecule has 0 saturated carbocycles. The Bertz CT molecular complexity index is 493. The molecule has 0 aromatic heterocycles. The van der Waals surface area contributed by atoms with Gasteiger partial charge < -0.3 is 10.2 Å². The normalized spacial score (nSPS) is 16.1. The van der Waals surface area contributed by atoms with E-state index in [0.717, 1.165) is 0 Å². The molecule has 1 aromatic rings. The molecule has 1 heterocycles. The second kappa shape index (κ2) is 5.39. The molecular weight excluding hydrogens is 255 g/mol. The van der Waals surface area contributed by atoms with Crippen molar-refractivity contribution in [2.45, 2.75) is 11.3 Å². The van der Waals surface area contributed by atoms with E-state index in [9.17, 15) is 14.0 Å². The first-order valence-electron chi connectivity index (χ1n) is 5.62. The van der Waals surface area contributed by atoms with Crippen LogP contribution < -0.4 is 5.32 Å². The Labute approximate surface area is 110 Å². The third kappa shape index (κ3) is 2.81. The number of nitrogens with one attached hydrogen (secondary N) is 1. The van der Waals surface area contributed by atoms with Crippen molar-refractivity contribution in [3.05, 3.63) is 29.6 Å². The van der Waals surface area contributed by atoms with Crippen LogP contribution in [-0.2, 0) is 4.79 Å². The fourth-order valence-electron chi connectivity index (χ4n) is 1.80. The molecule has 1 aliphatic rings. The molecule has 0 radical (unpaired) electrons. The molecule has 1 aliphatic heterocycles. The van der Waals surface area contributed by atoms with E-state index in [-0.39, 0.29) is 16.7 Å². The summed E-state index contributed by atoms with van der Waals surface area (Å²) >= 11 is 3.95. The van der Waals surface area contributed by atoms with Gasteiger partial charge in [0.25, 0.3) is 5.91 Å². The van der Waals surface area contributed by atoms with E-state index in [4.69, 9.17) is 0 Å². The molecule has 6 heteroatoms. The maximum Gasteiger partial charge on any atom is 0.253 e. The third-order valence-electron chi connectivity index (χ3n) is 2.79. The van der Waals surface area contributed by atoms with Gasteiger partial charge in [-0.05, 0) is 18.2 Å². The second-order valence-electron chi connectivity index (χ2n) is 4.06. The van der Waals surface area contributed by atoms with Gasteiger partial charge in [0.15, 0.2) is 0 Å². The molecule has 0 unspecified atom stereocenters. The summed E-state index contributed by atoms with van der Waals surface area (Å²) in [5, 5.41) is 2.69. The fourth-order valence-corrected chi connectivity index (χ4v) is 2.01. The Hall–Kier alpha value is -1.56. The minimum absolute atomic E-state index is 0.0562. The SMILES string of the molecule is O=C1CCN(C(=O)c2ccc(F)c(S)c2)CCN1. The van der Waals surface area contributed by atoms with Crippen LogP contribution >= 0.6 is 12.6 Å². The zero-order chi connectivity index (χ0) is 13.1. The largest absolute Gasteiger partial charge is 0.354 e. The van der Waals surface area contributed by atoms with Crippen LogP contribution in [0.5, 0.6) is 0 Å². The van der Waals surface area contributed by atoms with Gasteiger partial charge in [0.1, 0.15) is 5.82 Å². The van der Waals surface area contributed by atoms with Gasteiger partial charge in [-0.1, -0.05) is 0 Å².